The van der Waals surface area contributed by atoms with Gasteiger partial charge in [0.1, 0.15) is 5.75 Å². The van der Waals surface area contributed by atoms with Gasteiger partial charge in [-0.2, -0.15) is 0 Å². The number of nitrogens with zero attached hydrogens (tertiary/aromatic N) is 1. The Morgan fingerprint density at radius 3 is 2.78 bits per heavy atom. The summed E-state index contributed by atoms with van der Waals surface area (Å²) in [6.45, 7) is 4.18. The molecule has 1 aromatic rings. The Morgan fingerprint density at radius 1 is 1.52 bits per heavy atom. The first-order valence-corrected chi connectivity index (χ1v) is 8.88. The predicted molar refractivity (Wildman–Crippen MR) is 104 cm³/mol. The number of hydrogen-bond donors (Lipinski definition) is 5. The Morgan fingerprint density at radius 2 is 2.22 bits per heavy atom. The molecular weight excluding hydrogens is 348 g/mol. The van der Waals surface area contributed by atoms with Gasteiger partial charge in [-0.1, -0.05) is 13.8 Å². The van der Waals surface area contributed by atoms with E-state index in [2.05, 4.69) is 10.3 Å². The van der Waals surface area contributed by atoms with Crippen LogP contribution < -0.4 is 15.8 Å². The van der Waals surface area contributed by atoms with E-state index >= 15 is 0 Å². The Kier molecular flexibility index (Phi) is 8.90. The lowest BCUT2D eigenvalue weighted by Crippen LogP contribution is -2.56. The molecule has 8 heteroatoms. The van der Waals surface area contributed by atoms with E-state index in [4.69, 9.17) is 15.9 Å². The van der Waals surface area contributed by atoms with Crippen LogP contribution >= 0.6 is 0 Å². The third kappa shape index (κ3) is 6.99. The molecule has 2 atom stereocenters. The second-order valence-corrected chi connectivity index (χ2v) is 6.88. The Labute approximate surface area is 160 Å². The van der Waals surface area contributed by atoms with Crippen molar-refractivity contribution < 1.29 is 19.7 Å². The minimum absolute atomic E-state index is 0.155. The number of nitrogens with two attached hydrogens (primary N) is 1. The number of carboxylic acids is 1. The summed E-state index contributed by atoms with van der Waals surface area (Å²) < 4.78 is 5.65. The zero-order valence-electron chi connectivity index (χ0n) is 16.1. The molecule has 0 aliphatic rings. The number of aromatic nitrogens is 1. The van der Waals surface area contributed by atoms with E-state index in [1.165, 1.54) is 12.4 Å². The summed E-state index contributed by atoms with van der Waals surface area (Å²) in [7, 11) is 1.76. The third-order valence-corrected chi connectivity index (χ3v) is 4.12. The van der Waals surface area contributed by atoms with Gasteiger partial charge in [0.25, 0.3) is 0 Å². The van der Waals surface area contributed by atoms with E-state index in [9.17, 15) is 15.0 Å². The number of hydrogen-bond acceptors (Lipinski definition) is 7. The smallest absolute Gasteiger partial charge is 0.337 e. The zero-order valence-corrected chi connectivity index (χ0v) is 16.1. The van der Waals surface area contributed by atoms with Crippen molar-refractivity contribution in [1.29, 1.82) is 5.41 Å². The highest BCUT2D eigenvalue weighted by atomic mass is 16.5. The fourth-order valence-electron chi connectivity index (χ4n) is 2.64. The molecule has 0 saturated heterocycles. The van der Waals surface area contributed by atoms with Crippen LogP contribution in [0.1, 0.15) is 32.4 Å². The summed E-state index contributed by atoms with van der Waals surface area (Å²) in [5.41, 5.74) is 5.04. The average molecular weight is 378 g/mol. The molecule has 0 spiro atoms. The van der Waals surface area contributed by atoms with Crippen LogP contribution in [0.15, 0.2) is 30.1 Å². The number of rotatable bonds is 12. The average Bonchev–Trinajstić information content (AvgIpc) is 2.60. The molecule has 1 heterocycles. The van der Waals surface area contributed by atoms with Crippen LogP contribution in [0.2, 0.25) is 0 Å². The summed E-state index contributed by atoms with van der Waals surface area (Å²) in [6, 6.07) is 2.34. The van der Waals surface area contributed by atoms with Crippen molar-refractivity contribution in [3.63, 3.8) is 0 Å². The van der Waals surface area contributed by atoms with Crippen LogP contribution in [0.5, 0.6) is 5.75 Å². The fraction of sp³-hybridized carbons (Fsp3) is 0.526. The molecule has 0 aliphatic carbocycles. The number of aliphatic hydroxyl groups is 1. The van der Waals surface area contributed by atoms with Crippen molar-refractivity contribution in [3.8, 4) is 5.75 Å². The molecule has 1 rings (SSSR count). The van der Waals surface area contributed by atoms with E-state index in [1.54, 1.807) is 25.4 Å². The number of pyridine rings is 1. The van der Waals surface area contributed by atoms with Gasteiger partial charge >= 0.3 is 5.97 Å². The van der Waals surface area contributed by atoms with Crippen molar-refractivity contribution in [2.45, 2.75) is 44.8 Å². The minimum atomic E-state index is -2.10. The van der Waals surface area contributed by atoms with E-state index < -0.39 is 17.6 Å². The number of carbonyl (C=O) groups is 1. The quantitative estimate of drug-likeness (QED) is 0.345. The summed E-state index contributed by atoms with van der Waals surface area (Å²) >= 11 is 0. The molecule has 0 saturated carbocycles. The van der Waals surface area contributed by atoms with Crippen LogP contribution in [-0.4, -0.2) is 52.7 Å². The SMILES string of the molecule is CN/C=C(\C=N)CCOc1ccnc(C[C@](O)(C(=O)O)[C@@H](N)CC(C)C)c1. The van der Waals surface area contributed by atoms with Crippen molar-refractivity contribution in [2.24, 2.45) is 11.7 Å². The van der Waals surface area contributed by atoms with Crippen molar-refractivity contribution >= 4 is 12.2 Å². The number of ether oxygens (including phenoxy) is 1. The molecule has 8 nitrogen and oxygen atoms in total. The van der Waals surface area contributed by atoms with Crippen molar-refractivity contribution in [1.82, 2.24) is 10.3 Å². The zero-order chi connectivity index (χ0) is 20.4. The Hall–Kier alpha value is -2.45. The third-order valence-electron chi connectivity index (χ3n) is 4.12. The standard InChI is InChI=1S/C19H30N4O4/c1-13(2)8-17(21)19(26,18(24)25)10-15-9-16(4-6-23-15)27-7-5-14(11-20)12-22-3/h4,6,9,11-13,17,20,22,26H,5,7-8,10,21H2,1-3H3,(H,24,25)/b14-12-,20-11?/t17-,19+/m0/s1. The largest absolute Gasteiger partial charge is 0.493 e. The van der Waals surface area contributed by atoms with Gasteiger partial charge in [0.05, 0.1) is 6.61 Å². The lowest BCUT2D eigenvalue weighted by atomic mass is 9.84. The van der Waals surface area contributed by atoms with Gasteiger partial charge in [0.15, 0.2) is 5.60 Å². The monoisotopic (exact) mass is 378 g/mol. The second-order valence-electron chi connectivity index (χ2n) is 6.88. The van der Waals surface area contributed by atoms with Crippen molar-refractivity contribution in [3.05, 3.63) is 35.8 Å². The summed E-state index contributed by atoms with van der Waals surface area (Å²) in [6.07, 6.45) is 5.18. The van der Waals surface area contributed by atoms with Gasteiger partial charge in [-0.15, -0.1) is 0 Å². The van der Waals surface area contributed by atoms with Gasteiger partial charge in [-0.3, -0.25) is 4.98 Å². The van der Waals surface area contributed by atoms with Crippen LogP contribution in [0, 0.1) is 11.3 Å². The molecule has 27 heavy (non-hydrogen) atoms. The normalized spacial score (nSPS) is 15.1. The highest BCUT2D eigenvalue weighted by Gasteiger charge is 2.43. The molecule has 1 aromatic heterocycles. The first-order valence-electron chi connectivity index (χ1n) is 8.88. The van der Waals surface area contributed by atoms with Gasteiger partial charge < -0.3 is 31.4 Å². The van der Waals surface area contributed by atoms with Crippen LogP contribution in [0.3, 0.4) is 0 Å². The molecule has 0 unspecified atom stereocenters. The maximum atomic E-state index is 11.7. The molecule has 150 valence electrons. The lowest BCUT2D eigenvalue weighted by Gasteiger charge is -2.30. The first kappa shape index (κ1) is 22.6. The number of aliphatic carboxylic acids is 1. The van der Waals surface area contributed by atoms with Gasteiger partial charge in [0.2, 0.25) is 0 Å². The molecule has 0 aromatic carbocycles. The maximum Gasteiger partial charge on any atom is 0.337 e. The molecular formula is C19H30N4O4. The highest BCUT2D eigenvalue weighted by Crippen LogP contribution is 2.23. The number of carboxylic acid groups (broad SMARTS) is 1. The van der Waals surface area contributed by atoms with Gasteiger partial charge in [-0.05, 0) is 24.0 Å². The second kappa shape index (κ2) is 10.6. The first-order chi connectivity index (χ1) is 12.7. The molecule has 0 aliphatic heterocycles. The summed E-state index contributed by atoms with van der Waals surface area (Å²) in [4.78, 5) is 15.8. The molecule has 0 amide bonds. The van der Waals surface area contributed by atoms with Crippen LogP contribution in [0.25, 0.3) is 0 Å². The van der Waals surface area contributed by atoms with Crippen LogP contribution in [-0.2, 0) is 11.2 Å². The Bertz CT molecular complexity index is 663. The molecule has 0 fully saturated rings. The molecule has 6 N–H and O–H groups in total. The highest BCUT2D eigenvalue weighted by molar-refractivity contribution is 5.78. The van der Waals surface area contributed by atoms with E-state index in [-0.39, 0.29) is 12.3 Å². The molecule has 0 radical (unpaired) electrons. The van der Waals surface area contributed by atoms with Crippen LogP contribution in [0.4, 0.5) is 0 Å². The van der Waals surface area contributed by atoms with Gasteiger partial charge in [-0.25, -0.2) is 4.79 Å². The van der Waals surface area contributed by atoms with E-state index in [1.807, 2.05) is 13.8 Å². The van der Waals surface area contributed by atoms with Crippen molar-refractivity contribution in [2.75, 3.05) is 13.7 Å². The molecule has 0 bridgehead atoms. The lowest BCUT2D eigenvalue weighted by molar-refractivity contribution is -0.161. The van der Waals surface area contributed by atoms with E-state index in [0.29, 0.717) is 30.9 Å². The fourth-order valence-corrected chi connectivity index (χ4v) is 2.64. The summed E-state index contributed by atoms with van der Waals surface area (Å²) in [5.74, 6) is -0.697. The minimum Gasteiger partial charge on any atom is -0.493 e. The number of nitrogens with one attached hydrogen (secondary N) is 2. The topological polar surface area (TPSA) is 142 Å². The van der Waals surface area contributed by atoms with E-state index in [0.717, 1.165) is 5.57 Å². The van der Waals surface area contributed by atoms with Gasteiger partial charge in [0, 0.05) is 56.3 Å². The summed E-state index contributed by atoms with van der Waals surface area (Å²) in [5, 5.41) is 30.3. The maximum absolute atomic E-state index is 11.7. The predicted octanol–water partition coefficient (Wildman–Crippen LogP) is 1.33. The Balaban J connectivity index is 2.83.